The van der Waals surface area contributed by atoms with Crippen molar-refractivity contribution in [3.8, 4) is 0 Å². The van der Waals surface area contributed by atoms with E-state index in [9.17, 15) is 4.79 Å². The second-order valence-corrected chi connectivity index (χ2v) is 5.30. The summed E-state index contributed by atoms with van der Waals surface area (Å²) in [6.07, 6.45) is 0.244. The topological polar surface area (TPSA) is 94.0 Å². The minimum atomic E-state index is -0.430. The Balaban J connectivity index is 2.26. The number of anilines is 2. The Bertz CT molecular complexity index is 622. The molecule has 1 heterocycles. The van der Waals surface area contributed by atoms with Crippen LogP contribution in [0.5, 0.6) is 0 Å². The van der Waals surface area contributed by atoms with Gasteiger partial charge < -0.3 is 16.8 Å². The summed E-state index contributed by atoms with van der Waals surface area (Å²) in [5.41, 5.74) is 12.1. The maximum Gasteiger partial charge on any atom is 0.219 e. The zero-order valence-corrected chi connectivity index (χ0v) is 11.1. The third kappa shape index (κ3) is 3.34. The van der Waals surface area contributed by atoms with Crippen LogP contribution in [0.4, 0.5) is 11.5 Å². The SMILES string of the molecule is CC(C)(CC(N)=O)Nc1ccc2cc(N)ccc2n1. The third-order valence-corrected chi connectivity index (χ3v) is 2.80. The van der Waals surface area contributed by atoms with Crippen LogP contribution in [-0.2, 0) is 4.79 Å². The largest absolute Gasteiger partial charge is 0.399 e. The van der Waals surface area contributed by atoms with Gasteiger partial charge in [0.2, 0.25) is 5.91 Å². The van der Waals surface area contributed by atoms with E-state index in [1.165, 1.54) is 0 Å². The number of fused-ring (bicyclic) bond motifs is 1. The average molecular weight is 258 g/mol. The third-order valence-electron chi connectivity index (χ3n) is 2.80. The minimum Gasteiger partial charge on any atom is -0.399 e. The molecule has 0 saturated heterocycles. The van der Waals surface area contributed by atoms with Gasteiger partial charge in [-0.3, -0.25) is 4.79 Å². The summed E-state index contributed by atoms with van der Waals surface area (Å²) in [7, 11) is 0. The molecule has 0 saturated carbocycles. The molecule has 1 amide bonds. The van der Waals surface area contributed by atoms with Crippen molar-refractivity contribution in [2.45, 2.75) is 25.8 Å². The number of pyridine rings is 1. The Hall–Kier alpha value is -2.30. The van der Waals surface area contributed by atoms with E-state index in [0.717, 1.165) is 10.9 Å². The van der Waals surface area contributed by atoms with Gasteiger partial charge in [-0.05, 0) is 44.2 Å². The lowest BCUT2D eigenvalue weighted by Gasteiger charge is -2.25. The fourth-order valence-corrected chi connectivity index (χ4v) is 2.04. The van der Waals surface area contributed by atoms with Gasteiger partial charge in [0, 0.05) is 23.0 Å². The van der Waals surface area contributed by atoms with Gasteiger partial charge in [-0.1, -0.05) is 0 Å². The number of nitrogens with two attached hydrogens (primary N) is 2. The van der Waals surface area contributed by atoms with Crippen molar-refractivity contribution < 1.29 is 4.79 Å². The summed E-state index contributed by atoms with van der Waals surface area (Å²) < 4.78 is 0. The molecule has 100 valence electrons. The van der Waals surface area contributed by atoms with E-state index in [1.807, 2.05) is 44.2 Å². The maximum atomic E-state index is 11.0. The smallest absolute Gasteiger partial charge is 0.219 e. The highest BCUT2D eigenvalue weighted by Crippen LogP contribution is 2.21. The van der Waals surface area contributed by atoms with Crippen LogP contribution in [0.25, 0.3) is 10.9 Å². The number of nitrogen functional groups attached to an aromatic ring is 1. The first-order chi connectivity index (χ1) is 8.85. The summed E-state index contributed by atoms with van der Waals surface area (Å²) in [5.74, 6) is 0.370. The first-order valence-electron chi connectivity index (χ1n) is 6.08. The molecule has 19 heavy (non-hydrogen) atoms. The van der Waals surface area contributed by atoms with E-state index in [-0.39, 0.29) is 12.3 Å². The fraction of sp³-hybridized carbons (Fsp3) is 0.286. The molecule has 0 spiro atoms. The first-order valence-corrected chi connectivity index (χ1v) is 6.08. The molecule has 5 heteroatoms. The number of nitrogens with zero attached hydrogens (tertiary/aromatic N) is 1. The molecule has 1 aromatic heterocycles. The first kappa shape index (κ1) is 13.1. The van der Waals surface area contributed by atoms with Crippen LogP contribution in [0.15, 0.2) is 30.3 Å². The van der Waals surface area contributed by atoms with Crippen LogP contribution in [0.2, 0.25) is 0 Å². The second kappa shape index (κ2) is 4.76. The molecular formula is C14H18N4O. The predicted molar refractivity (Wildman–Crippen MR) is 77.7 cm³/mol. The summed E-state index contributed by atoms with van der Waals surface area (Å²) >= 11 is 0. The highest BCUT2D eigenvalue weighted by molar-refractivity contribution is 5.83. The van der Waals surface area contributed by atoms with Gasteiger partial charge in [0.25, 0.3) is 0 Å². The lowest BCUT2D eigenvalue weighted by Crippen LogP contribution is -2.36. The van der Waals surface area contributed by atoms with Crippen molar-refractivity contribution in [1.29, 1.82) is 0 Å². The summed E-state index contributed by atoms with van der Waals surface area (Å²) in [6.45, 7) is 3.82. The standard InChI is InChI=1S/C14H18N4O/c1-14(2,8-12(16)19)18-13-6-3-9-7-10(15)4-5-11(9)17-13/h3-7H,8,15H2,1-2H3,(H2,16,19)(H,17,18). The van der Waals surface area contributed by atoms with Crippen LogP contribution >= 0.6 is 0 Å². The van der Waals surface area contributed by atoms with Gasteiger partial charge in [0.05, 0.1) is 5.52 Å². The van der Waals surface area contributed by atoms with Crippen molar-refractivity contribution in [2.75, 3.05) is 11.1 Å². The Labute approximate surface area is 112 Å². The lowest BCUT2D eigenvalue weighted by molar-refractivity contribution is -0.118. The van der Waals surface area contributed by atoms with Gasteiger partial charge in [0.15, 0.2) is 0 Å². The predicted octanol–water partition coefficient (Wildman–Crippen LogP) is 1.88. The summed E-state index contributed by atoms with van der Waals surface area (Å²) in [5, 5.41) is 4.20. The van der Waals surface area contributed by atoms with Crippen molar-refractivity contribution in [2.24, 2.45) is 5.73 Å². The zero-order chi connectivity index (χ0) is 14.0. The monoisotopic (exact) mass is 258 g/mol. The molecule has 2 aromatic rings. The highest BCUT2D eigenvalue weighted by Gasteiger charge is 2.20. The number of carbonyl (C=O) groups excluding carboxylic acids is 1. The van der Waals surface area contributed by atoms with Gasteiger partial charge in [0.1, 0.15) is 5.82 Å². The Morgan fingerprint density at radius 3 is 2.74 bits per heavy atom. The number of nitrogens with one attached hydrogen (secondary N) is 1. The van der Waals surface area contributed by atoms with Crippen LogP contribution in [0.1, 0.15) is 20.3 Å². The molecule has 0 bridgehead atoms. The van der Waals surface area contributed by atoms with E-state index in [0.29, 0.717) is 11.5 Å². The van der Waals surface area contributed by atoms with Crippen LogP contribution < -0.4 is 16.8 Å². The minimum absolute atomic E-state index is 0.244. The van der Waals surface area contributed by atoms with Crippen molar-refractivity contribution in [3.05, 3.63) is 30.3 Å². The van der Waals surface area contributed by atoms with Crippen molar-refractivity contribution in [3.63, 3.8) is 0 Å². The molecule has 0 aliphatic heterocycles. The number of hydrogen-bond acceptors (Lipinski definition) is 4. The number of amides is 1. The molecule has 2 rings (SSSR count). The van der Waals surface area contributed by atoms with Crippen LogP contribution in [0.3, 0.4) is 0 Å². The van der Waals surface area contributed by atoms with Crippen molar-refractivity contribution >= 4 is 28.3 Å². The lowest BCUT2D eigenvalue weighted by atomic mass is 10.0. The summed E-state index contributed by atoms with van der Waals surface area (Å²) in [4.78, 5) is 15.5. The van der Waals surface area contributed by atoms with Gasteiger partial charge in [-0.25, -0.2) is 4.98 Å². The van der Waals surface area contributed by atoms with Gasteiger partial charge >= 0.3 is 0 Å². The molecule has 5 nitrogen and oxygen atoms in total. The Morgan fingerprint density at radius 2 is 2.05 bits per heavy atom. The highest BCUT2D eigenvalue weighted by atomic mass is 16.1. The van der Waals surface area contributed by atoms with E-state index >= 15 is 0 Å². The van der Waals surface area contributed by atoms with Gasteiger partial charge in [-0.15, -0.1) is 0 Å². The fourth-order valence-electron chi connectivity index (χ4n) is 2.04. The number of rotatable bonds is 4. The molecule has 0 unspecified atom stereocenters. The molecule has 0 radical (unpaired) electrons. The summed E-state index contributed by atoms with van der Waals surface area (Å²) in [6, 6.07) is 9.37. The molecular weight excluding hydrogens is 240 g/mol. The Kier molecular flexibility index (Phi) is 3.29. The van der Waals surface area contributed by atoms with Gasteiger partial charge in [-0.2, -0.15) is 0 Å². The van der Waals surface area contributed by atoms with E-state index < -0.39 is 5.54 Å². The molecule has 0 fully saturated rings. The van der Waals surface area contributed by atoms with Crippen LogP contribution in [-0.4, -0.2) is 16.4 Å². The number of carbonyl (C=O) groups is 1. The molecule has 0 atom stereocenters. The van der Waals surface area contributed by atoms with E-state index in [1.54, 1.807) is 0 Å². The van der Waals surface area contributed by atoms with Crippen molar-refractivity contribution in [1.82, 2.24) is 4.98 Å². The van der Waals surface area contributed by atoms with E-state index in [4.69, 9.17) is 11.5 Å². The molecule has 1 aromatic carbocycles. The zero-order valence-electron chi connectivity index (χ0n) is 11.1. The number of aromatic nitrogens is 1. The second-order valence-electron chi connectivity index (χ2n) is 5.30. The molecule has 0 aliphatic rings. The number of primary amides is 1. The Morgan fingerprint density at radius 1 is 1.32 bits per heavy atom. The quantitative estimate of drug-likeness (QED) is 0.730. The molecule has 5 N–H and O–H groups in total. The maximum absolute atomic E-state index is 11.0. The average Bonchev–Trinajstić information content (AvgIpc) is 2.27. The number of benzene rings is 1. The number of hydrogen-bond donors (Lipinski definition) is 3. The normalized spacial score (nSPS) is 11.5. The van der Waals surface area contributed by atoms with Crippen LogP contribution in [0, 0.1) is 0 Å². The molecule has 0 aliphatic carbocycles. The van der Waals surface area contributed by atoms with E-state index in [2.05, 4.69) is 10.3 Å².